The average Bonchev–Trinajstić information content (AvgIpc) is 2.93. The van der Waals surface area contributed by atoms with Crippen molar-refractivity contribution in [2.45, 2.75) is 71.0 Å². The van der Waals surface area contributed by atoms with Crippen LogP contribution in [0, 0.1) is 19.7 Å². The van der Waals surface area contributed by atoms with Crippen LogP contribution < -0.4 is 10.1 Å². The zero-order valence-corrected chi connectivity index (χ0v) is 22.3. The van der Waals surface area contributed by atoms with Crippen molar-refractivity contribution in [3.8, 4) is 5.75 Å². The zero-order chi connectivity index (χ0) is 26.9. The van der Waals surface area contributed by atoms with Crippen LogP contribution in [0.5, 0.6) is 5.75 Å². The number of benzene rings is 3. The first-order valence-electron chi connectivity index (χ1n) is 13.5. The molecule has 38 heavy (non-hydrogen) atoms. The number of aryl methyl sites for hydroxylation is 2. The summed E-state index contributed by atoms with van der Waals surface area (Å²) in [5.41, 5.74) is 3.23. The van der Waals surface area contributed by atoms with Crippen molar-refractivity contribution in [1.82, 2.24) is 10.2 Å². The van der Waals surface area contributed by atoms with Gasteiger partial charge in [0.15, 0.2) is 6.61 Å². The van der Waals surface area contributed by atoms with Crippen LogP contribution in [0.25, 0.3) is 0 Å². The fraction of sp³-hybridized carbons (Fsp3) is 0.375. The molecule has 5 nitrogen and oxygen atoms in total. The second-order valence-corrected chi connectivity index (χ2v) is 10.2. The Morgan fingerprint density at radius 3 is 2.42 bits per heavy atom. The van der Waals surface area contributed by atoms with Gasteiger partial charge in [-0.1, -0.05) is 79.9 Å². The van der Waals surface area contributed by atoms with Gasteiger partial charge >= 0.3 is 0 Å². The minimum atomic E-state index is -0.811. The van der Waals surface area contributed by atoms with Crippen LogP contribution in [0.15, 0.2) is 72.8 Å². The topological polar surface area (TPSA) is 58.6 Å². The Morgan fingerprint density at radius 2 is 1.68 bits per heavy atom. The summed E-state index contributed by atoms with van der Waals surface area (Å²) in [5, 5.41) is 3.20. The smallest absolute Gasteiger partial charge is 0.261 e. The lowest BCUT2D eigenvalue weighted by Gasteiger charge is -2.33. The molecule has 1 unspecified atom stereocenters. The monoisotopic (exact) mass is 516 g/mol. The highest BCUT2D eigenvalue weighted by Crippen LogP contribution is 2.22. The Bertz CT molecular complexity index is 1220. The predicted molar refractivity (Wildman–Crippen MR) is 147 cm³/mol. The van der Waals surface area contributed by atoms with E-state index in [1.54, 1.807) is 18.2 Å². The molecular formula is C32H37FN2O3. The molecule has 0 bridgehead atoms. The van der Waals surface area contributed by atoms with E-state index in [1.807, 2.05) is 62.4 Å². The van der Waals surface area contributed by atoms with Gasteiger partial charge in [0.05, 0.1) is 0 Å². The first kappa shape index (κ1) is 27.4. The summed E-state index contributed by atoms with van der Waals surface area (Å²) in [7, 11) is 0. The van der Waals surface area contributed by atoms with Crippen LogP contribution in [0.4, 0.5) is 4.39 Å². The zero-order valence-electron chi connectivity index (χ0n) is 22.3. The van der Waals surface area contributed by atoms with E-state index in [0.29, 0.717) is 17.7 Å². The molecule has 1 saturated carbocycles. The van der Waals surface area contributed by atoms with Crippen LogP contribution in [0.3, 0.4) is 0 Å². The standard InChI is InChI=1S/C32H37FN2O3/c1-23-17-18-24(2)30(19-23)38-22-31(36)35(21-26-13-9-10-16-28(26)33)29(20-25-11-5-3-6-12-25)32(37)34-27-14-7-4-8-15-27/h3,5-6,9-13,16-19,27,29H,4,7-8,14-15,20-22H2,1-2H3,(H,34,37). The molecule has 0 saturated heterocycles. The molecule has 0 heterocycles. The number of hydrogen-bond donors (Lipinski definition) is 1. The molecule has 1 aliphatic carbocycles. The SMILES string of the molecule is Cc1ccc(C)c(OCC(=O)N(Cc2ccccc2F)C(Cc2ccccc2)C(=O)NC2CCCCC2)c1. The van der Waals surface area contributed by atoms with E-state index in [1.165, 1.54) is 17.4 Å². The van der Waals surface area contributed by atoms with Crippen LogP contribution in [-0.4, -0.2) is 35.4 Å². The molecule has 0 aliphatic heterocycles. The number of amides is 2. The first-order valence-corrected chi connectivity index (χ1v) is 13.5. The second-order valence-electron chi connectivity index (χ2n) is 10.2. The highest BCUT2D eigenvalue weighted by atomic mass is 19.1. The van der Waals surface area contributed by atoms with Gasteiger partial charge in [0, 0.05) is 24.6 Å². The summed E-state index contributed by atoms with van der Waals surface area (Å²) < 4.78 is 20.7. The number of nitrogens with zero attached hydrogens (tertiary/aromatic N) is 1. The van der Waals surface area contributed by atoms with Crippen molar-refractivity contribution in [2.75, 3.05) is 6.61 Å². The second kappa shape index (κ2) is 13.2. The number of nitrogens with one attached hydrogen (secondary N) is 1. The van der Waals surface area contributed by atoms with Crippen molar-refractivity contribution in [3.05, 3.63) is 101 Å². The maximum Gasteiger partial charge on any atom is 0.261 e. The Kier molecular flexibility index (Phi) is 9.52. The average molecular weight is 517 g/mol. The van der Waals surface area contributed by atoms with Crippen molar-refractivity contribution >= 4 is 11.8 Å². The molecule has 1 aliphatic rings. The minimum Gasteiger partial charge on any atom is -0.483 e. The molecule has 0 spiro atoms. The molecule has 3 aromatic rings. The molecule has 4 rings (SSSR count). The van der Waals surface area contributed by atoms with Crippen molar-refractivity contribution in [2.24, 2.45) is 0 Å². The Balaban J connectivity index is 1.63. The fourth-order valence-electron chi connectivity index (χ4n) is 4.99. The molecule has 1 fully saturated rings. The molecule has 0 radical (unpaired) electrons. The first-order chi connectivity index (χ1) is 18.4. The Morgan fingerprint density at radius 1 is 0.974 bits per heavy atom. The van der Waals surface area contributed by atoms with E-state index in [2.05, 4.69) is 5.32 Å². The predicted octanol–water partition coefficient (Wildman–Crippen LogP) is 5.91. The fourth-order valence-corrected chi connectivity index (χ4v) is 4.99. The normalized spacial score (nSPS) is 14.5. The maximum absolute atomic E-state index is 14.8. The lowest BCUT2D eigenvalue weighted by atomic mass is 9.94. The third kappa shape index (κ3) is 7.44. The summed E-state index contributed by atoms with van der Waals surface area (Å²) in [6.07, 6.45) is 5.52. The molecule has 200 valence electrons. The Labute approximate surface area is 225 Å². The van der Waals surface area contributed by atoms with Crippen LogP contribution >= 0.6 is 0 Å². The number of carbonyl (C=O) groups excluding carboxylic acids is 2. The van der Waals surface area contributed by atoms with E-state index in [4.69, 9.17) is 4.74 Å². The lowest BCUT2D eigenvalue weighted by molar-refractivity contribution is -0.143. The maximum atomic E-state index is 14.8. The van der Waals surface area contributed by atoms with Crippen molar-refractivity contribution in [1.29, 1.82) is 0 Å². The molecule has 3 aromatic carbocycles. The summed E-state index contributed by atoms with van der Waals surface area (Å²) in [5.74, 6) is -0.367. The quantitative estimate of drug-likeness (QED) is 0.364. The largest absolute Gasteiger partial charge is 0.483 e. The number of rotatable bonds is 10. The van der Waals surface area contributed by atoms with Crippen LogP contribution in [0.2, 0.25) is 0 Å². The van der Waals surface area contributed by atoms with Gasteiger partial charge in [-0.05, 0) is 55.5 Å². The molecule has 6 heteroatoms. The summed E-state index contributed by atoms with van der Waals surface area (Å²) >= 11 is 0. The van der Waals surface area contributed by atoms with Crippen LogP contribution in [0.1, 0.15) is 54.4 Å². The molecular weight excluding hydrogens is 479 g/mol. The lowest BCUT2D eigenvalue weighted by Crippen LogP contribution is -2.53. The summed E-state index contributed by atoms with van der Waals surface area (Å²) in [6, 6.07) is 21.1. The van der Waals surface area contributed by atoms with Crippen molar-refractivity contribution < 1.29 is 18.7 Å². The van der Waals surface area contributed by atoms with Gasteiger partial charge in [-0.3, -0.25) is 9.59 Å². The van der Waals surface area contributed by atoms with E-state index in [-0.39, 0.29) is 31.0 Å². The summed E-state index contributed by atoms with van der Waals surface area (Å²) in [6.45, 7) is 3.61. The molecule has 1 N–H and O–H groups in total. The number of hydrogen-bond acceptors (Lipinski definition) is 3. The molecule has 0 aromatic heterocycles. The van der Waals surface area contributed by atoms with Gasteiger partial charge < -0.3 is 15.0 Å². The van der Waals surface area contributed by atoms with Crippen LogP contribution in [-0.2, 0) is 22.6 Å². The van der Waals surface area contributed by atoms with Gasteiger partial charge in [-0.2, -0.15) is 0 Å². The van der Waals surface area contributed by atoms with E-state index < -0.39 is 11.9 Å². The van der Waals surface area contributed by atoms with E-state index in [0.717, 1.165) is 42.4 Å². The Hall–Kier alpha value is -3.67. The molecule has 2 amide bonds. The number of carbonyl (C=O) groups is 2. The third-order valence-corrected chi connectivity index (χ3v) is 7.22. The van der Waals surface area contributed by atoms with Crippen molar-refractivity contribution in [3.63, 3.8) is 0 Å². The van der Waals surface area contributed by atoms with Gasteiger partial charge in [0.25, 0.3) is 5.91 Å². The highest BCUT2D eigenvalue weighted by molar-refractivity contribution is 5.88. The van der Waals surface area contributed by atoms with E-state index in [9.17, 15) is 14.0 Å². The van der Waals surface area contributed by atoms with Gasteiger partial charge in [0.1, 0.15) is 17.6 Å². The van der Waals surface area contributed by atoms with Gasteiger partial charge in [-0.15, -0.1) is 0 Å². The summed E-state index contributed by atoms with van der Waals surface area (Å²) in [4.78, 5) is 29.0. The van der Waals surface area contributed by atoms with E-state index >= 15 is 0 Å². The van der Waals surface area contributed by atoms with Gasteiger partial charge in [0.2, 0.25) is 5.91 Å². The highest BCUT2D eigenvalue weighted by Gasteiger charge is 2.32. The number of halogens is 1. The van der Waals surface area contributed by atoms with Gasteiger partial charge in [-0.25, -0.2) is 4.39 Å². The third-order valence-electron chi connectivity index (χ3n) is 7.22. The molecule has 1 atom stereocenters. The number of ether oxygens (including phenoxy) is 1. The minimum absolute atomic E-state index is 0.0305.